The van der Waals surface area contributed by atoms with Gasteiger partial charge in [-0.1, -0.05) is 6.92 Å². The van der Waals surface area contributed by atoms with Crippen LogP contribution in [0.15, 0.2) is 0 Å². The maximum absolute atomic E-state index is 12.1. The van der Waals surface area contributed by atoms with Crippen molar-refractivity contribution in [2.75, 3.05) is 32.8 Å². The van der Waals surface area contributed by atoms with Crippen molar-refractivity contribution in [1.82, 2.24) is 4.90 Å². The third-order valence-electron chi connectivity index (χ3n) is 2.77. The maximum atomic E-state index is 12.1. The van der Waals surface area contributed by atoms with Gasteiger partial charge in [-0.25, -0.2) is 0 Å². The zero-order valence-corrected chi connectivity index (χ0v) is 9.58. The predicted molar refractivity (Wildman–Crippen MR) is 59.5 cm³/mol. The number of amides is 1. The summed E-state index contributed by atoms with van der Waals surface area (Å²) in [5, 5.41) is 0. The van der Waals surface area contributed by atoms with Crippen LogP contribution in [0.5, 0.6) is 0 Å². The molecule has 1 rings (SSSR count). The number of carbonyl (C=O) groups excluding carboxylic acids is 1. The fraction of sp³-hybridized carbons (Fsp3) is 0.909. The van der Waals surface area contributed by atoms with Gasteiger partial charge in [0.25, 0.3) is 0 Å². The Morgan fingerprint density at radius 2 is 2.07 bits per heavy atom. The first-order valence-electron chi connectivity index (χ1n) is 5.86. The molecule has 1 aliphatic heterocycles. The molecule has 0 atom stereocenters. The van der Waals surface area contributed by atoms with Gasteiger partial charge in [0.15, 0.2) is 0 Å². The highest BCUT2D eigenvalue weighted by atomic mass is 16.5. The van der Waals surface area contributed by atoms with Crippen LogP contribution in [0.1, 0.15) is 26.2 Å². The summed E-state index contributed by atoms with van der Waals surface area (Å²) in [4.78, 5) is 14.0. The van der Waals surface area contributed by atoms with Crippen LogP contribution in [0.2, 0.25) is 0 Å². The Labute approximate surface area is 91.8 Å². The summed E-state index contributed by atoms with van der Waals surface area (Å²) >= 11 is 0. The average Bonchev–Trinajstić information content (AvgIpc) is 2.29. The van der Waals surface area contributed by atoms with E-state index in [4.69, 9.17) is 10.5 Å². The number of carbonyl (C=O) groups is 1. The molecule has 0 aromatic heterocycles. The van der Waals surface area contributed by atoms with Gasteiger partial charge in [0.2, 0.25) is 5.91 Å². The molecule has 0 aliphatic carbocycles. The second-order valence-corrected chi connectivity index (χ2v) is 4.00. The predicted octanol–water partition coefficient (Wildman–Crippen LogP) is 0.610. The van der Waals surface area contributed by atoms with Crippen molar-refractivity contribution in [1.29, 1.82) is 0 Å². The van der Waals surface area contributed by atoms with Crippen molar-refractivity contribution in [2.24, 2.45) is 11.7 Å². The third kappa shape index (κ3) is 3.80. The molecule has 15 heavy (non-hydrogen) atoms. The van der Waals surface area contributed by atoms with Gasteiger partial charge in [0.1, 0.15) is 0 Å². The fourth-order valence-electron chi connectivity index (χ4n) is 1.96. The lowest BCUT2D eigenvalue weighted by atomic mass is 9.98. The Morgan fingerprint density at radius 1 is 1.40 bits per heavy atom. The van der Waals surface area contributed by atoms with Gasteiger partial charge in [-0.3, -0.25) is 4.79 Å². The summed E-state index contributed by atoms with van der Waals surface area (Å²) < 4.78 is 5.25. The Hall–Kier alpha value is -0.610. The molecule has 0 saturated carbocycles. The fourth-order valence-corrected chi connectivity index (χ4v) is 1.96. The van der Waals surface area contributed by atoms with Gasteiger partial charge in [-0.05, 0) is 19.3 Å². The molecular weight excluding hydrogens is 192 g/mol. The van der Waals surface area contributed by atoms with Crippen LogP contribution < -0.4 is 5.73 Å². The van der Waals surface area contributed by atoms with Crippen LogP contribution in [0.25, 0.3) is 0 Å². The monoisotopic (exact) mass is 214 g/mol. The van der Waals surface area contributed by atoms with E-state index >= 15 is 0 Å². The van der Waals surface area contributed by atoms with E-state index in [2.05, 4.69) is 6.92 Å². The van der Waals surface area contributed by atoms with Crippen LogP contribution in [-0.2, 0) is 9.53 Å². The lowest BCUT2D eigenvalue weighted by Gasteiger charge is -2.28. The summed E-state index contributed by atoms with van der Waals surface area (Å²) in [6.45, 7) is 5.59. The van der Waals surface area contributed by atoms with Crippen LogP contribution >= 0.6 is 0 Å². The molecule has 0 aromatic rings. The first-order valence-corrected chi connectivity index (χ1v) is 5.86. The molecular formula is C11H22N2O2. The van der Waals surface area contributed by atoms with E-state index in [9.17, 15) is 4.79 Å². The summed E-state index contributed by atoms with van der Waals surface area (Å²) in [5.41, 5.74) is 5.51. The Bertz CT molecular complexity index is 185. The number of hydrogen-bond acceptors (Lipinski definition) is 3. The second kappa shape index (κ2) is 6.80. The van der Waals surface area contributed by atoms with Crippen molar-refractivity contribution in [3.05, 3.63) is 0 Å². The molecule has 0 spiro atoms. The molecule has 1 saturated heterocycles. The maximum Gasteiger partial charge on any atom is 0.225 e. The molecule has 88 valence electrons. The van der Waals surface area contributed by atoms with E-state index in [0.717, 1.165) is 39.0 Å². The minimum absolute atomic E-state index is 0.164. The smallest absolute Gasteiger partial charge is 0.225 e. The van der Waals surface area contributed by atoms with Crippen molar-refractivity contribution >= 4 is 5.91 Å². The van der Waals surface area contributed by atoms with E-state index in [-0.39, 0.29) is 11.8 Å². The Kier molecular flexibility index (Phi) is 5.65. The van der Waals surface area contributed by atoms with Gasteiger partial charge >= 0.3 is 0 Å². The van der Waals surface area contributed by atoms with E-state index in [1.54, 1.807) is 0 Å². The number of hydrogen-bond donors (Lipinski definition) is 1. The summed E-state index contributed by atoms with van der Waals surface area (Å²) in [6, 6.07) is 0. The topological polar surface area (TPSA) is 55.6 Å². The van der Waals surface area contributed by atoms with Gasteiger partial charge in [0.05, 0.1) is 0 Å². The molecule has 1 aliphatic rings. The van der Waals surface area contributed by atoms with Gasteiger partial charge in [0, 0.05) is 38.8 Å². The minimum atomic E-state index is 0.164. The van der Waals surface area contributed by atoms with Crippen LogP contribution in [0.3, 0.4) is 0 Å². The molecule has 1 heterocycles. The Morgan fingerprint density at radius 3 is 2.60 bits per heavy atom. The molecule has 4 nitrogen and oxygen atoms in total. The van der Waals surface area contributed by atoms with Crippen molar-refractivity contribution in [3.63, 3.8) is 0 Å². The van der Waals surface area contributed by atoms with E-state index < -0.39 is 0 Å². The highest BCUT2D eigenvalue weighted by Gasteiger charge is 2.25. The van der Waals surface area contributed by atoms with Crippen LogP contribution in [0.4, 0.5) is 0 Å². The first kappa shape index (κ1) is 12.5. The number of ether oxygens (including phenoxy) is 1. The molecule has 0 aromatic carbocycles. The number of nitrogens with zero attached hydrogens (tertiary/aromatic N) is 1. The molecule has 0 bridgehead atoms. The SMILES string of the molecule is CCCN(CCN)C(=O)C1CCOCC1. The van der Waals surface area contributed by atoms with Crippen molar-refractivity contribution < 1.29 is 9.53 Å². The highest BCUT2D eigenvalue weighted by molar-refractivity contribution is 5.78. The Balaban J connectivity index is 2.45. The van der Waals surface area contributed by atoms with Crippen LogP contribution in [-0.4, -0.2) is 43.7 Å². The first-order chi connectivity index (χ1) is 7.29. The highest BCUT2D eigenvalue weighted by Crippen LogP contribution is 2.17. The largest absolute Gasteiger partial charge is 0.381 e. The van der Waals surface area contributed by atoms with Gasteiger partial charge in [-0.2, -0.15) is 0 Å². The molecule has 1 amide bonds. The lowest BCUT2D eigenvalue weighted by molar-refractivity contribution is -0.138. The minimum Gasteiger partial charge on any atom is -0.381 e. The summed E-state index contributed by atoms with van der Waals surface area (Å²) in [7, 11) is 0. The van der Waals surface area contributed by atoms with Crippen LogP contribution in [0, 0.1) is 5.92 Å². The zero-order valence-electron chi connectivity index (χ0n) is 9.58. The van der Waals surface area contributed by atoms with E-state index in [1.165, 1.54) is 0 Å². The second-order valence-electron chi connectivity index (χ2n) is 4.00. The molecule has 4 heteroatoms. The van der Waals surface area contributed by atoms with Crippen molar-refractivity contribution in [3.8, 4) is 0 Å². The van der Waals surface area contributed by atoms with Gasteiger partial charge in [-0.15, -0.1) is 0 Å². The van der Waals surface area contributed by atoms with E-state index in [1.807, 2.05) is 4.90 Å². The van der Waals surface area contributed by atoms with Crippen molar-refractivity contribution in [2.45, 2.75) is 26.2 Å². The standard InChI is InChI=1S/C11H22N2O2/c1-2-6-13(7-5-12)11(14)10-3-8-15-9-4-10/h10H,2-9,12H2,1H3. The van der Waals surface area contributed by atoms with E-state index in [0.29, 0.717) is 13.1 Å². The average molecular weight is 214 g/mol. The molecule has 0 radical (unpaired) electrons. The molecule has 1 fully saturated rings. The van der Waals surface area contributed by atoms with Gasteiger partial charge < -0.3 is 15.4 Å². The zero-order chi connectivity index (χ0) is 11.1. The normalized spacial score (nSPS) is 17.7. The molecule has 2 N–H and O–H groups in total. The summed E-state index contributed by atoms with van der Waals surface area (Å²) in [6.07, 6.45) is 2.72. The third-order valence-corrected chi connectivity index (χ3v) is 2.77. The molecule has 0 unspecified atom stereocenters. The number of nitrogens with two attached hydrogens (primary N) is 1. The summed E-state index contributed by atoms with van der Waals surface area (Å²) in [5.74, 6) is 0.433. The lowest BCUT2D eigenvalue weighted by Crippen LogP contribution is -2.41. The quantitative estimate of drug-likeness (QED) is 0.729. The number of rotatable bonds is 5.